The largest absolute Gasteiger partial charge is 0.492 e. The Morgan fingerprint density at radius 2 is 1.96 bits per heavy atom. The normalized spacial score (nSPS) is 19.8. The van der Waals surface area contributed by atoms with E-state index in [0.29, 0.717) is 19.8 Å². The Labute approximate surface area is 186 Å². The number of halogens is 1. The number of hydrogen-bond donors (Lipinski definition) is 3. The minimum Gasteiger partial charge on any atom is -0.492 e. The number of ether oxygens (including phenoxy) is 2. The Morgan fingerprint density at radius 3 is 2.50 bits per heavy atom. The van der Waals surface area contributed by atoms with E-state index in [1.807, 2.05) is 12.1 Å². The first-order chi connectivity index (χ1) is 12.9. The first-order valence-electron chi connectivity index (χ1n) is 9.75. The van der Waals surface area contributed by atoms with Crippen molar-refractivity contribution < 1.29 is 14.6 Å². The van der Waals surface area contributed by atoms with Crippen molar-refractivity contribution in [1.82, 2.24) is 10.6 Å². The van der Waals surface area contributed by atoms with Gasteiger partial charge in [-0.25, -0.2) is 0 Å². The van der Waals surface area contributed by atoms with E-state index in [1.165, 1.54) is 5.56 Å². The molecule has 0 aromatic heterocycles. The van der Waals surface area contributed by atoms with Gasteiger partial charge in [-0.15, -0.1) is 24.0 Å². The lowest BCUT2D eigenvalue weighted by Crippen LogP contribution is -2.45. The molecule has 1 atom stereocenters. The zero-order chi connectivity index (χ0) is 19.8. The molecule has 0 bridgehead atoms. The molecule has 3 N–H and O–H groups in total. The van der Waals surface area contributed by atoms with E-state index < -0.39 is 0 Å². The maximum atomic E-state index is 9.31. The van der Waals surface area contributed by atoms with E-state index in [4.69, 9.17) is 9.47 Å². The van der Waals surface area contributed by atoms with Crippen LogP contribution in [-0.2, 0) is 10.2 Å². The number of rotatable bonds is 8. The number of guanidine groups is 1. The van der Waals surface area contributed by atoms with Crippen LogP contribution in [-0.4, -0.2) is 57.6 Å². The molecule has 28 heavy (non-hydrogen) atoms. The Hall–Kier alpha value is -1.06. The zero-order valence-corrected chi connectivity index (χ0v) is 19.9. The van der Waals surface area contributed by atoms with Crippen LogP contribution in [0.4, 0.5) is 0 Å². The maximum Gasteiger partial charge on any atom is 0.191 e. The molecule has 1 aliphatic heterocycles. The predicted octanol–water partition coefficient (Wildman–Crippen LogP) is 2.94. The van der Waals surface area contributed by atoms with Crippen molar-refractivity contribution in [2.24, 2.45) is 10.4 Å². The van der Waals surface area contributed by atoms with Gasteiger partial charge in [0.25, 0.3) is 0 Å². The molecule has 160 valence electrons. The number of aliphatic hydroxyl groups excluding tert-OH is 1. The third-order valence-electron chi connectivity index (χ3n) is 5.07. The third kappa shape index (κ3) is 7.75. The van der Waals surface area contributed by atoms with Gasteiger partial charge in [0.1, 0.15) is 12.4 Å². The highest BCUT2D eigenvalue weighted by atomic mass is 127. The van der Waals surface area contributed by atoms with Gasteiger partial charge in [-0.1, -0.05) is 32.9 Å². The summed E-state index contributed by atoms with van der Waals surface area (Å²) in [7, 11) is 1.76. The van der Waals surface area contributed by atoms with Crippen LogP contribution in [0.1, 0.15) is 39.2 Å². The van der Waals surface area contributed by atoms with Gasteiger partial charge in [0.15, 0.2) is 5.96 Å². The van der Waals surface area contributed by atoms with E-state index in [1.54, 1.807) is 7.05 Å². The molecule has 6 nitrogen and oxygen atoms in total. The van der Waals surface area contributed by atoms with E-state index in [2.05, 4.69) is 48.5 Å². The average molecular weight is 505 g/mol. The van der Waals surface area contributed by atoms with Crippen molar-refractivity contribution in [1.29, 1.82) is 0 Å². The standard InChI is InChI=1S/C21H35N3O3.HI/c1-20(2,3)17-5-7-18(8-6-17)27-14-11-23-19(22-4)24-15-21(9-12-25)10-13-26-16-21;/h5-8,25H,9-16H2,1-4H3,(H2,22,23,24);1H. The number of nitrogens with zero attached hydrogens (tertiary/aromatic N) is 1. The van der Waals surface area contributed by atoms with E-state index in [-0.39, 0.29) is 41.4 Å². The highest BCUT2D eigenvalue weighted by molar-refractivity contribution is 14.0. The summed E-state index contributed by atoms with van der Waals surface area (Å²) in [6, 6.07) is 8.28. The Kier molecular flexibility index (Phi) is 10.5. The summed E-state index contributed by atoms with van der Waals surface area (Å²) in [6.45, 7) is 10.2. The van der Waals surface area contributed by atoms with E-state index in [0.717, 1.165) is 37.7 Å². The van der Waals surface area contributed by atoms with Crippen LogP contribution in [0.3, 0.4) is 0 Å². The molecule has 0 spiro atoms. The molecule has 0 radical (unpaired) electrons. The lowest BCUT2D eigenvalue weighted by atomic mass is 9.84. The molecular formula is C21H36IN3O3. The molecule has 0 amide bonds. The van der Waals surface area contributed by atoms with Crippen molar-refractivity contribution in [3.05, 3.63) is 29.8 Å². The van der Waals surface area contributed by atoms with Crippen LogP contribution < -0.4 is 15.4 Å². The third-order valence-corrected chi connectivity index (χ3v) is 5.07. The van der Waals surface area contributed by atoms with Crippen molar-refractivity contribution in [3.8, 4) is 5.75 Å². The number of aliphatic hydroxyl groups is 1. The molecule has 2 rings (SSSR count). The Balaban J connectivity index is 0.00000392. The summed E-state index contributed by atoms with van der Waals surface area (Å²) in [5.74, 6) is 1.61. The van der Waals surface area contributed by atoms with Gasteiger partial charge in [-0.2, -0.15) is 0 Å². The fourth-order valence-electron chi connectivity index (χ4n) is 3.19. The molecule has 0 saturated carbocycles. The Bertz CT molecular complexity index is 594. The lowest BCUT2D eigenvalue weighted by molar-refractivity contribution is 0.127. The van der Waals surface area contributed by atoms with E-state index >= 15 is 0 Å². The molecular weight excluding hydrogens is 469 g/mol. The minimum atomic E-state index is -0.00231. The molecule has 1 unspecified atom stereocenters. The van der Waals surface area contributed by atoms with Gasteiger partial charge in [0, 0.05) is 32.2 Å². The number of nitrogens with one attached hydrogen (secondary N) is 2. The molecule has 1 aromatic carbocycles. The van der Waals surface area contributed by atoms with Crippen molar-refractivity contribution >= 4 is 29.9 Å². The summed E-state index contributed by atoms with van der Waals surface area (Å²) in [6.07, 6.45) is 1.70. The first-order valence-corrected chi connectivity index (χ1v) is 9.75. The van der Waals surface area contributed by atoms with Crippen molar-refractivity contribution in [2.75, 3.05) is 46.6 Å². The molecule has 0 aliphatic carbocycles. The number of hydrogen-bond acceptors (Lipinski definition) is 4. The highest BCUT2D eigenvalue weighted by Crippen LogP contribution is 2.31. The quantitative estimate of drug-likeness (QED) is 0.219. The van der Waals surface area contributed by atoms with Crippen LogP contribution in [0, 0.1) is 5.41 Å². The van der Waals surface area contributed by atoms with Crippen LogP contribution in [0.15, 0.2) is 29.3 Å². The van der Waals surface area contributed by atoms with Crippen molar-refractivity contribution in [3.63, 3.8) is 0 Å². The summed E-state index contributed by atoms with van der Waals surface area (Å²) < 4.78 is 11.3. The summed E-state index contributed by atoms with van der Waals surface area (Å²) in [5.41, 5.74) is 1.44. The van der Waals surface area contributed by atoms with Gasteiger partial charge in [-0.3, -0.25) is 4.99 Å². The van der Waals surface area contributed by atoms with Crippen LogP contribution >= 0.6 is 24.0 Å². The lowest BCUT2D eigenvalue weighted by Gasteiger charge is -2.27. The second-order valence-electron chi connectivity index (χ2n) is 8.25. The zero-order valence-electron chi connectivity index (χ0n) is 17.6. The Morgan fingerprint density at radius 1 is 1.25 bits per heavy atom. The SMILES string of the molecule is CN=C(NCCOc1ccc(C(C)(C)C)cc1)NCC1(CCO)CCOC1.I. The molecule has 1 saturated heterocycles. The molecule has 1 aliphatic rings. The first kappa shape index (κ1) is 25.0. The van der Waals surface area contributed by atoms with Gasteiger partial charge in [0.2, 0.25) is 0 Å². The number of aliphatic imine (C=N–C) groups is 1. The summed E-state index contributed by atoms with van der Waals surface area (Å²) in [5, 5.41) is 15.9. The topological polar surface area (TPSA) is 75.1 Å². The highest BCUT2D eigenvalue weighted by Gasteiger charge is 2.34. The minimum absolute atomic E-state index is 0. The molecule has 1 heterocycles. The second-order valence-corrected chi connectivity index (χ2v) is 8.25. The monoisotopic (exact) mass is 505 g/mol. The van der Waals surface area contributed by atoms with Gasteiger partial charge >= 0.3 is 0 Å². The molecule has 1 fully saturated rings. The average Bonchev–Trinajstić information content (AvgIpc) is 3.10. The van der Waals surface area contributed by atoms with Crippen molar-refractivity contribution in [2.45, 2.75) is 39.0 Å². The van der Waals surface area contributed by atoms with Crippen LogP contribution in [0.25, 0.3) is 0 Å². The number of benzene rings is 1. The van der Waals surface area contributed by atoms with Gasteiger partial charge in [0.05, 0.1) is 13.2 Å². The maximum absolute atomic E-state index is 9.31. The fourth-order valence-corrected chi connectivity index (χ4v) is 3.19. The molecule has 7 heteroatoms. The fraction of sp³-hybridized carbons (Fsp3) is 0.667. The summed E-state index contributed by atoms with van der Waals surface area (Å²) >= 11 is 0. The van der Waals surface area contributed by atoms with Gasteiger partial charge in [-0.05, 0) is 36.0 Å². The van der Waals surface area contributed by atoms with Crippen LogP contribution in [0.5, 0.6) is 5.75 Å². The summed E-state index contributed by atoms with van der Waals surface area (Å²) in [4.78, 5) is 4.26. The smallest absolute Gasteiger partial charge is 0.191 e. The van der Waals surface area contributed by atoms with E-state index in [9.17, 15) is 5.11 Å². The van der Waals surface area contributed by atoms with Crippen LogP contribution in [0.2, 0.25) is 0 Å². The van der Waals surface area contributed by atoms with Gasteiger partial charge < -0.3 is 25.2 Å². The predicted molar refractivity (Wildman–Crippen MR) is 125 cm³/mol. The second kappa shape index (κ2) is 11.8. The molecule has 1 aromatic rings.